The summed E-state index contributed by atoms with van der Waals surface area (Å²) in [6, 6.07) is 0.915. The third-order valence-corrected chi connectivity index (χ3v) is 14.3. The van der Waals surface area contributed by atoms with Gasteiger partial charge < -0.3 is 60.5 Å². The van der Waals surface area contributed by atoms with Crippen LogP contribution in [0.2, 0.25) is 12.6 Å². The van der Waals surface area contributed by atoms with Gasteiger partial charge in [0.05, 0.1) is 37.9 Å². The molecule has 0 aromatic heterocycles. The molecule has 0 bridgehead atoms. The highest BCUT2D eigenvalue weighted by atomic mass is 28.4. The Kier molecular flexibility index (Phi) is 43.3. The highest BCUT2D eigenvalue weighted by molar-refractivity contribution is 6.60. The zero-order chi connectivity index (χ0) is 39.3. The van der Waals surface area contributed by atoms with Gasteiger partial charge in [-0.1, -0.05) is 27.7 Å². The first-order chi connectivity index (χ1) is 24.7. The lowest BCUT2D eigenvalue weighted by Gasteiger charge is -2.27. The Bertz CT molecular complexity index is 675. The number of aliphatic hydroxyl groups is 2. The van der Waals surface area contributed by atoms with E-state index in [-0.39, 0.29) is 25.0 Å². The maximum atomic E-state index is 9.14. The van der Waals surface area contributed by atoms with Crippen molar-refractivity contribution in [3.05, 3.63) is 0 Å². The average molecular weight is 795 g/mol. The molecule has 13 nitrogen and oxygen atoms in total. The molecule has 51 heavy (non-hydrogen) atoms. The van der Waals surface area contributed by atoms with Crippen LogP contribution in [0, 0.1) is 17.8 Å². The van der Waals surface area contributed by atoms with Crippen molar-refractivity contribution >= 4 is 27.1 Å². The van der Waals surface area contributed by atoms with Crippen molar-refractivity contribution in [2.45, 2.75) is 105 Å². The minimum Gasteiger partial charge on any atom is -0.418 e. The van der Waals surface area contributed by atoms with E-state index in [0.29, 0.717) is 44.9 Å². The number of aliphatic hydroxyl groups excluding tert-OH is 2. The van der Waals surface area contributed by atoms with Crippen LogP contribution >= 0.6 is 0 Å². The molecule has 16 heteroatoms. The second kappa shape index (κ2) is 39.8. The van der Waals surface area contributed by atoms with E-state index in [9.17, 15) is 0 Å². The summed E-state index contributed by atoms with van der Waals surface area (Å²) in [7, 11) is 4.82. The van der Waals surface area contributed by atoms with Crippen molar-refractivity contribution in [1.29, 1.82) is 0 Å². The Balaban J connectivity index is -0.000000645. The molecule has 6 atom stereocenters. The molecule has 0 aromatic rings. The van der Waals surface area contributed by atoms with E-state index in [1.54, 1.807) is 42.7 Å². The summed E-state index contributed by atoms with van der Waals surface area (Å²) in [6.07, 6.45) is 8.90. The van der Waals surface area contributed by atoms with Crippen LogP contribution < -0.4 is 0 Å². The molecule has 1 saturated carbocycles. The maximum Gasteiger partial charge on any atom is 0.500 e. The largest absolute Gasteiger partial charge is 0.500 e. The zero-order valence-corrected chi connectivity index (χ0v) is 38.3. The van der Waals surface area contributed by atoms with Gasteiger partial charge in [0.2, 0.25) is 0 Å². The molecule has 1 saturated heterocycles. The van der Waals surface area contributed by atoms with Gasteiger partial charge in [0.1, 0.15) is 0 Å². The normalized spacial score (nSPS) is 19.4. The van der Waals surface area contributed by atoms with Crippen LogP contribution in [0.15, 0.2) is 0 Å². The smallest absolute Gasteiger partial charge is 0.418 e. The van der Waals surface area contributed by atoms with Crippen molar-refractivity contribution in [3.63, 3.8) is 0 Å². The summed E-state index contributed by atoms with van der Waals surface area (Å²) < 4.78 is 58.7. The van der Waals surface area contributed by atoms with Crippen LogP contribution in [0.25, 0.3) is 0 Å². The van der Waals surface area contributed by atoms with Gasteiger partial charge in [-0.15, -0.1) is 0 Å². The number of hydrogen-bond donors (Lipinski definition) is 2. The van der Waals surface area contributed by atoms with Crippen LogP contribution in [0.1, 0.15) is 80.1 Å². The molecular weight excluding hydrogens is 713 g/mol. The molecular formula is C35H82O13Si3. The Morgan fingerprint density at radius 3 is 1.73 bits per heavy atom. The standard InChI is InChI=1S/C11H22O4Si.C11H26O4Si.C9H22O5Si.2C2H6/c1-12-16(13-2,14-3)7-6-9-4-5-10-11(8-9)15-10;1-4-13-7-6-11(8-12)9-14-10-16(3)15-5-2;1-11-5-4-9(6-10)7-14-8-15(12-2)13-3;2*1-2/h9-11H,4-8H2,1-3H3;11-12,16H,4-10H2,1-3H3;9-10,15H,4-8H2,1-3H3;2*1-2H3. The van der Waals surface area contributed by atoms with Gasteiger partial charge in [-0.3, -0.25) is 0 Å². The van der Waals surface area contributed by atoms with Crippen LogP contribution in [-0.2, 0) is 50.2 Å². The number of epoxide rings is 1. The summed E-state index contributed by atoms with van der Waals surface area (Å²) in [4.78, 5) is 0. The summed E-state index contributed by atoms with van der Waals surface area (Å²) in [6.45, 7) is 18.3. The lowest BCUT2D eigenvalue weighted by molar-refractivity contribution is 0.0614. The minimum atomic E-state index is -2.35. The Hall–Kier alpha value is 0.131. The molecule has 2 aliphatic rings. The molecule has 1 heterocycles. The average Bonchev–Trinajstić information content (AvgIpc) is 3.96. The van der Waals surface area contributed by atoms with E-state index in [0.717, 1.165) is 50.7 Å². The molecule has 0 radical (unpaired) electrons. The SMILES string of the molecule is CC.CC.CCOCCC(CO)COC[SiH](C)OCC.COCCC(CO)COC[SiH](OC)OC.CO[Si](CCC1CCC2OC2C1)(OC)OC. The Morgan fingerprint density at radius 1 is 0.725 bits per heavy atom. The van der Waals surface area contributed by atoms with E-state index in [4.69, 9.17) is 60.5 Å². The molecule has 0 spiro atoms. The molecule has 0 aromatic carbocycles. The van der Waals surface area contributed by atoms with Crippen molar-refractivity contribution in [2.75, 3.05) is 108 Å². The van der Waals surface area contributed by atoms with Gasteiger partial charge in [-0.2, -0.15) is 0 Å². The van der Waals surface area contributed by atoms with E-state index < -0.39 is 27.1 Å². The third kappa shape index (κ3) is 30.1. The number of ether oxygens (including phenoxy) is 5. The van der Waals surface area contributed by atoms with E-state index in [1.807, 2.05) is 41.5 Å². The van der Waals surface area contributed by atoms with Crippen LogP contribution in [0.3, 0.4) is 0 Å². The monoisotopic (exact) mass is 795 g/mol. The number of rotatable bonds is 27. The third-order valence-electron chi connectivity index (χ3n) is 8.32. The van der Waals surface area contributed by atoms with Crippen molar-refractivity contribution in [2.24, 2.45) is 17.8 Å². The molecule has 1 aliphatic carbocycles. The molecule has 0 amide bonds. The fraction of sp³-hybridized carbons (Fsp3) is 1.00. The predicted octanol–water partition coefficient (Wildman–Crippen LogP) is 4.54. The topological polar surface area (TPSA) is 145 Å². The maximum absolute atomic E-state index is 9.14. The van der Waals surface area contributed by atoms with Crippen LogP contribution in [0.5, 0.6) is 0 Å². The Labute approximate surface area is 317 Å². The molecule has 2 N–H and O–H groups in total. The molecule has 1 aliphatic heterocycles. The molecule has 2 rings (SSSR count). The first-order valence-electron chi connectivity index (χ1n) is 19.2. The predicted molar refractivity (Wildman–Crippen MR) is 211 cm³/mol. The zero-order valence-electron chi connectivity index (χ0n) is 34.9. The highest BCUT2D eigenvalue weighted by Crippen LogP contribution is 2.41. The fourth-order valence-electron chi connectivity index (χ4n) is 5.12. The first-order valence-corrected chi connectivity index (χ1v) is 25.3. The van der Waals surface area contributed by atoms with Crippen molar-refractivity contribution in [1.82, 2.24) is 0 Å². The van der Waals surface area contributed by atoms with Gasteiger partial charge in [-0.05, 0) is 64.8 Å². The lowest BCUT2D eigenvalue weighted by Crippen LogP contribution is -2.43. The summed E-state index contributed by atoms with van der Waals surface area (Å²) >= 11 is 0. The van der Waals surface area contributed by atoms with Gasteiger partial charge in [0.15, 0.2) is 9.04 Å². The number of fused-ring (bicyclic) bond motifs is 1. The van der Waals surface area contributed by atoms with Crippen molar-refractivity contribution in [3.8, 4) is 0 Å². The van der Waals surface area contributed by atoms with E-state index in [2.05, 4.69) is 6.55 Å². The second-order valence-electron chi connectivity index (χ2n) is 11.8. The lowest BCUT2D eigenvalue weighted by atomic mass is 9.88. The second-order valence-corrected chi connectivity index (χ2v) is 19.3. The van der Waals surface area contributed by atoms with Crippen LogP contribution in [0.4, 0.5) is 0 Å². The van der Waals surface area contributed by atoms with Gasteiger partial charge in [0.25, 0.3) is 0 Å². The Morgan fingerprint density at radius 2 is 1.27 bits per heavy atom. The summed E-state index contributed by atoms with van der Waals surface area (Å²) in [5.41, 5.74) is 0. The van der Waals surface area contributed by atoms with E-state index >= 15 is 0 Å². The summed E-state index contributed by atoms with van der Waals surface area (Å²) in [5.74, 6) is 1.08. The highest BCUT2D eigenvalue weighted by Gasteiger charge is 2.45. The number of hydrogen-bond acceptors (Lipinski definition) is 13. The fourth-order valence-corrected chi connectivity index (χ4v) is 8.92. The molecule has 2 fully saturated rings. The first kappa shape index (κ1) is 55.5. The van der Waals surface area contributed by atoms with Crippen LogP contribution in [-0.4, -0.2) is 158 Å². The van der Waals surface area contributed by atoms with E-state index in [1.165, 1.54) is 19.3 Å². The van der Waals surface area contributed by atoms with Gasteiger partial charge >= 0.3 is 18.1 Å². The van der Waals surface area contributed by atoms with Crippen molar-refractivity contribution < 1.29 is 60.5 Å². The van der Waals surface area contributed by atoms with Gasteiger partial charge in [0, 0.05) is 100 Å². The van der Waals surface area contributed by atoms with Gasteiger partial charge in [-0.25, -0.2) is 0 Å². The molecule has 6 unspecified atom stereocenters. The summed E-state index contributed by atoms with van der Waals surface area (Å²) in [5, 5.41) is 18.2. The molecule has 312 valence electrons. The number of methoxy groups -OCH3 is 1. The minimum absolute atomic E-state index is 0.121. The quantitative estimate of drug-likeness (QED) is 0.0683.